The van der Waals surface area contributed by atoms with Crippen molar-refractivity contribution < 1.29 is 13.6 Å². The summed E-state index contributed by atoms with van der Waals surface area (Å²) in [5, 5.41) is 3.97. The fourth-order valence-electron chi connectivity index (χ4n) is 3.25. The maximum Gasteiger partial charge on any atom is 0.145 e. The Hall–Kier alpha value is -2.23. The summed E-state index contributed by atoms with van der Waals surface area (Å²) >= 11 is 0. The summed E-state index contributed by atoms with van der Waals surface area (Å²) in [7, 11) is 0. The normalized spacial score (nSPS) is 15.8. The van der Waals surface area contributed by atoms with Gasteiger partial charge in [-0.05, 0) is 42.0 Å². The minimum atomic E-state index is -0.618. The molecule has 0 bridgehead atoms. The molecule has 0 aliphatic heterocycles. The molecule has 3 rings (SSSR count). The van der Waals surface area contributed by atoms with Crippen LogP contribution in [-0.2, 0) is 11.4 Å². The van der Waals surface area contributed by atoms with E-state index in [0.29, 0.717) is 5.92 Å². The third-order valence-electron chi connectivity index (χ3n) is 4.54. The van der Waals surface area contributed by atoms with E-state index in [4.69, 9.17) is 4.84 Å². The molecule has 0 unspecified atom stereocenters. The molecule has 24 heavy (non-hydrogen) atoms. The Balaban J connectivity index is 1.64. The van der Waals surface area contributed by atoms with Gasteiger partial charge in [0.05, 0.1) is 6.21 Å². The summed E-state index contributed by atoms with van der Waals surface area (Å²) in [6.45, 7) is -0.0196. The van der Waals surface area contributed by atoms with Gasteiger partial charge < -0.3 is 4.84 Å². The van der Waals surface area contributed by atoms with Crippen molar-refractivity contribution in [1.82, 2.24) is 0 Å². The molecule has 1 saturated carbocycles. The van der Waals surface area contributed by atoms with E-state index in [1.165, 1.54) is 49.8 Å². The van der Waals surface area contributed by atoms with Crippen molar-refractivity contribution in [2.45, 2.75) is 44.6 Å². The van der Waals surface area contributed by atoms with Crippen LogP contribution < -0.4 is 0 Å². The van der Waals surface area contributed by atoms with E-state index in [9.17, 15) is 8.78 Å². The summed E-state index contributed by atoms with van der Waals surface area (Å²) in [5.41, 5.74) is 2.63. The van der Waals surface area contributed by atoms with Crippen molar-refractivity contribution in [2.75, 3.05) is 0 Å². The number of oxime groups is 1. The minimum Gasteiger partial charge on any atom is -0.391 e. The van der Waals surface area contributed by atoms with Gasteiger partial charge in [-0.3, -0.25) is 0 Å². The largest absolute Gasteiger partial charge is 0.391 e. The molecule has 0 spiro atoms. The predicted octanol–water partition coefficient (Wildman–Crippen LogP) is 5.56. The first-order valence-corrected chi connectivity index (χ1v) is 8.42. The van der Waals surface area contributed by atoms with Crippen molar-refractivity contribution in [3.05, 3.63) is 70.8 Å². The van der Waals surface area contributed by atoms with E-state index in [1.807, 2.05) is 12.1 Å². The molecule has 0 saturated heterocycles. The molecule has 2 nitrogen and oxygen atoms in total. The van der Waals surface area contributed by atoms with E-state index in [1.54, 1.807) is 6.21 Å². The Kier molecular flexibility index (Phi) is 5.57. The lowest BCUT2D eigenvalue weighted by atomic mass is 9.82. The second-order valence-electron chi connectivity index (χ2n) is 6.21. The molecule has 0 radical (unpaired) electrons. The van der Waals surface area contributed by atoms with Crippen LogP contribution in [0.4, 0.5) is 8.78 Å². The number of hydrogen-bond acceptors (Lipinski definition) is 2. The third kappa shape index (κ3) is 4.19. The van der Waals surface area contributed by atoms with Crippen molar-refractivity contribution in [2.24, 2.45) is 5.16 Å². The standard InChI is InChI=1S/C20H21F2NO/c21-18-11-10-17(20(22)12-18)14-24-23-13-16-8-4-5-9-19(16)15-6-2-1-3-7-15/h4-5,8-13,15H,1-3,6-7,14H2. The average molecular weight is 329 g/mol. The Labute approximate surface area is 141 Å². The van der Waals surface area contributed by atoms with Crippen LogP contribution in [0.25, 0.3) is 0 Å². The van der Waals surface area contributed by atoms with Crippen LogP contribution in [0.2, 0.25) is 0 Å². The summed E-state index contributed by atoms with van der Waals surface area (Å²) in [5.74, 6) is -0.634. The molecule has 126 valence electrons. The predicted molar refractivity (Wildman–Crippen MR) is 91.0 cm³/mol. The molecule has 0 aromatic heterocycles. The van der Waals surface area contributed by atoms with Crippen LogP contribution in [0, 0.1) is 11.6 Å². The summed E-state index contributed by atoms with van der Waals surface area (Å²) in [6.07, 6.45) is 7.98. The Morgan fingerprint density at radius 1 is 1.04 bits per heavy atom. The lowest BCUT2D eigenvalue weighted by Gasteiger charge is -2.23. The number of nitrogens with zero attached hydrogens (tertiary/aromatic N) is 1. The molecule has 0 N–H and O–H groups in total. The zero-order valence-electron chi connectivity index (χ0n) is 13.6. The van der Waals surface area contributed by atoms with Crippen LogP contribution >= 0.6 is 0 Å². The number of halogens is 2. The van der Waals surface area contributed by atoms with Crippen molar-refractivity contribution in [3.63, 3.8) is 0 Å². The third-order valence-corrected chi connectivity index (χ3v) is 4.54. The van der Waals surface area contributed by atoms with Crippen LogP contribution in [-0.4, -0.2) is 6.21 Å². The van der Waals surface area contributed by atoms with E-state index < -0.39 is 11.6 Å². The maximum atomic E-state index is 13.5. The van der Waals surface area contributed by atoms with Gasteiger partial charge in [-0.15, -0.1) is 0 Å². The van der Waals surface area contributed by atoms with Crippen LogP contribution in [0.15, 0.2) is 47.6 Å². The molecule has 1 fully saturated rings. The molecule has 0 atom stereocenters. The summed E-state index contributed by atoms with van der Waals surface area (Å²) in [6, 6.07) is 11.6. The molecule has 2 aromatic carbocycles. The SMILES string of the molecule is Fc1ccc(CON=Cc2ccccc2C2CCCCC2)c(F)c1. The fraction of sp³-hybridized carbons (Fsp3) is 0.350. The van der Waals surface area contributed by atoms with Gasteiger partial charge in [-0.1, -0.05) is 48.7 Å². The first-order valence-electron chi connectivity index (χ1n) is 8.42. The molecule has 0 heterocycles. The van der Waals surface area contributed by atoms with Crippen LogP contribution in [0.1, 0.15) is 54.7 Å². The van der Waals surface area contributed by atoms with Crippen molar-refractivity contribution in [3.8, 4) is 0 Å². The lowest BCUT2D eigenvalue weighted by molar-refractivity contribution is 0.129. The molecule has 0 amide bonds. The van der Waals surface area contributed by atoms with Crippen molar-refractivity contribution in [1.29, 1.82) is 0 Å². The van der Waals surface area contributed by atoms with Gasteiger partial charge in [0, 0.05) is 11.6 Å². The van der Waals surface area contributed by atoms with Crippen LogP contribution in [0.3, 0.4) is 0 Å². The summed E-state index contributed by atoms with van der Waals surface area (Å²) in [4.78, 5) is 5.19. The second kappa shape index (κ2) is 8.04. The maximum absolute atomic E-state index is 13.5. The molecular formula is C20H21F2NO. The molecule has 4 heteroatoms. The Morgan fingerprint density at radius 3 is 2.62 bits per heavy atom. The number of benzene rings is 2. The highest BCUT2D eigenvalue weighted by atomic mass is 19.1. The van der Waals surface area contributed by atoms with E-state index in [0.717, 1.165) is 11.6 Å². The first-order chi connectivity index (χ1) is 11.7. The second-order valence-corrected chi connectivity index (χ2v) is 6.21. The van der Waals surface area contributed by atoms with E-state index in [-0.39, 0.29) is 12.2 Å². The molecule has 1 aliphatic carbocycles. The fourth-order valence-corrected chi connectivity index (χ4v) is 3.25. The van der Waals surface area contributed by atoms with Gasteiger partial charge in [0.2, 0.25) is 0 Å². The highest BCUT2D eigenvalue weighted by Crippen LogP contribution is 2.33. The zero-order chi connectivity index (χ0) is 16.8. The molecule has 2 aromatic rings. The Bertz CT molecular complexity index is 709. The minimum absolute atomic E-state index is 0.0196. The number of rotatable bonds is 5. The highest BCUT2D eigenvalue weighted by molar-refractivity contribution is 5.81. The zero-order valence-corrected chi connectivity index (χ0v) is 13.6. The summed E-state index contributed by atoms with van der Waals surface area (Å²) < 4.78 is 26.4. The monoisotopic (exact) mass is 329 g/mol. The van der Waals surface area contributed by atoms with E-state index >= 15 is 0 Å². The topological polar surface area (TPSA) is 21.6 Å². The van der Waals surface area contributed by atoms with Gasteiger partial charge in [0.1, 0.15) is 18.2 Å². The van der Waals surface area contributed by atoms with Crippen LogP contribution in [0.5, 0.6) is 0 Å². The Morgan fingerprint density at radius 2 is 1.83 bits per heavy atom. The quantitative estimate of drug-likeness (QED) is 0.519. The van der Waals surface area contributed by atoms with Gasteiger partial charge in [-0.2, -0.15) is 0 Å². The smallest absolute Gasteiger partial charge is 0.145 e. The highest BCUT2D eigenvalue weighted by Gasteiger charge is 2.17. The molecular weight excluding hydrogens is 308 g/mol. The molecule has 1 aliphatic rings. The van der Waals surface area contributed by atoms with Gasteiger partial charge in [0.15, 0.2) is 0 Å². The van der Waals surface area contributed by atoms with Gasteiger partial charge in [0.25, 0.3) is 0 Å². The average Bonchev–Trinajstić information content (AvgIpc) is 2.61. The number of hydrogen-bond donors (Lipinski definition) is 0. The van der Waals surface area contributed by atoms with Gasteiger partial charge in [-0.25, -0.2) is 8.78 Å². The van der Waals surface area contributed by atoms with Gasteiger partial charge >= 0.3 is 0 Å². The lowest BCUT2D eigenvalue weighted by Crippen LogP contribution is -2.07. The van der Waals surface area contributed by atoms with Crippen molar-refractivity contribution >= 4 is 6.21 Å². The van der Waals surface area contributed by atoms with E-state index in [2.05, 4.69) is 17.3 Å². The first kappa shape index (κ1) is 16.6.